The van der Waals surface area contributed by atoms with Gasteiger partial charge in [-0.3, -0.25) is 9.78 Å². The van der Waals surface area contributed by atoms with Crippen molar-refractivity contribution < 1.29 is 9.53 Å². The maximum absolute atomic E-state index is 11.6. The Hall–Kier alpha value is -2.69. The molecule has 5 nitrogen and oxygen atoms in total. The van der Waals surface area contributed by atoms with E-state index in [2.05, 4.69) is 22.4 Å². The minimum Gasteiger partial charge on any atom is -0.484 e. The van der Waals surface area contributed by atoms with Crippen LogP contribution in [0, 0.1) is 0 Å². The van der Waals surface area contributed by atoms with E-state index in [0.717, 1.165) is 12.0 Å². The summed E-state index contributed by atoms with van der Waals surface area (Å²) < 4.78 is 5.37. The summed E-state index contributed by atoms with van der Waals surface area (Å²) in [7, 11) is 0. The topological polar surface area (TPSA) is 63.6 Å². The normalized spacial score (nSPS) is 10.5. The van der Waals surface area contributed by atoms with E-state index in [1.807, 2.05) is 24.3 Å². The number of pyridine rings is 1. The average Bonchev–Trinajstić information content (AvgIpc) is 2.54. The van der Waals surface area contributed by atoms with E-state index in [9.17, 15) is 4.79 Å². The molecule has 1 amide bonds. The van der Waals surface area contributed by atoms with Crippen molar-refractivity contribution in [3.8, 4) is 5.75 Å². The molecule has 5 heteroatoms. The number of aromatic nitrogens is 1. The lowest BCUT2D eigenvalue weighted by Crippen LogP contribution is -2.24. The lowest BCUT2D eigenvalue weighted by molar-refractivity contribution is -0.123. The molecular formula is C16H17N3O2. The van der Waals surface area contributed by atoms with Crippen molar-refractivity contribution in [1.29, 1.82) is 0 Å². The Morgan fingerprint density at radius 3 is 2.62 bits per heavy atom. The van der Waals surface area contributed by atoms with Crippen LogP contribution in [0.25, 0.3) is 0 Å². The first kappa shape index (κ1) is 14.7. The van der Waals surface area contributed by atoms with Gasteiger partial charge in [-0.05, 0) is 41.8 Å². The Morgan fingerprint density at radius 2 is 1.95 bits per heavy atom. The minimum atomic E-state index is -0.306. The van der Waals surface area contributed by atoms with Gasteiger partial charge < -0.3 is 4.74 Å². The molecule has 0 atom stereocenters. The highest BCUT2D eigenvalue weighted by molar-refractivity contribution is 5.82. The lowest BCUT2D eigenvalue weighted by Gasteiger charge is -2.05. The molecule has 1 heterocycles. The first-order valence-electron chi connectivity index (χ1n) is 6.71. The zero-order chi connectivity index (χ0) is 14.9. The fraction of sp³-hybridized carbons (Fsp3) is 0.188. The van der Waals surface area contributed by atoms with Crippen LogP contribution >= 0.6 is 0 Å². The van der Waals surface area contributed by atoms with E-state index in [0.29, 0.717) is 5.75 Å². The number of ether oxygens (including phenoxy) is 1. The highest BCUT2D eigenvalue weighted by Crippen LogP contribution is 2.12. The first-order valence-corrected chi connectivity index (χ1v) is 6.71. The van der Waals surface area contributed by atoms with Crippen LogP contribution in [0.5, 0.6) is 5.75 Å². The number of aryl methyl sites for hydroxylation is 1. The third-order valence-electron chi connectivity index (χ3n) is 2.81. The quantitative estimate of drug-likeness (QED) is 0.653. The van der Waals surface area contributed by atoms with Crippen LogP contribution in [0.1, 0.15) is 18.1 Å². The monoisotopic (exact) mass is 283 g/mol. The molecule has 0 fully saturated rings. The molecule has 1 N–H and O–H groups in total. The molecule has 0 spiro atoms. The number of carbonyl (C=O) groups is 1. The smallest absolute Gasteiger partial charge is 0.277 e. The SMILES string of the molecule is CCc1ccc(OCC(=O)N/N=C\c2ccncc2)cc1. The largest absolute Gasteiger partial charge is 0.484 e. The first-order chi connectivity index (χ1) is 10.3. The van der Waals surface area contributed by atoms with Crippen molar-refractivity contribution in [2.45, 2.75) is 13.3 Å². The lowest BCUT2D eigenvalue weighted by atomic mass is 10.2. The Kier molecular flexibility index (Phi) is 5.46. The Balaban J connectivity index is 1.75. The predicted octanol–water partition coefficient (Wildman–Crippen LogP) is 2.17. The van der Waals surface area contributed by atoms with Gasteiger partial charge in [-0.1, -0.05) is 19.1 Å². The van der Waals surface area contributed by atoms with E-state index in [1.165, 1.54) is 5.56 Å². The van der Waals surface area contributed by atoms with Gasteiger partial charge in [0, 0.05) is 12.4 Å². The Labute approximate surface area is 123 Å². The van der Waals surface area contributed by atoms with E-state index < -0.39 is 0 Å². The van der Waals surface area contributed by atoms with Crippen molar-refractivity contribution in [2.75, 3.05) is 6.61 Å². The number of benzene rings is 1. The number of hydrogen-bond acceptors (Lipinski definition) is 4. The van der Waals surface area contributed by atoms with Gasteiger partial charge in [-0.15, -0.1) is 0 Å². The van der Waals surface area contributed by atoms with Crippen molar-refractivity contribution in [1.82, 2.24) is 10.4 Å². The van der Waals surface area contributed by atoms with Crippen LogP contribution in [0.3, 0.4) is 0 Å². The van der Waals surface area contributed by atoms with E-state index >= 15 is 0 Å². The molecule has 21 heavy (non-hydrogen) atoms. The fourth-order valence-corrected chi connectivity index (χ4v) is 1.63. The summed E-state index contributed by atoms with van der Waals surface area (Å²) in [5.41, 5.74) is 4.50. The van der Waals surface area contributed by atoms with Gasteiger partial charge in [-0.25, -0.2) is 5.43 Å². The summed E-state index contributed by atoms with van der Waals surface area (Å²) in [6, 6.07) is 11.3. The van der Waals surface area contributed by atoms with Crippen molar-refractivity contribution >= 4 is 12.1 Å². The second-order valence-electron chi connectivity index (χ2n) is 4.36. The number of nitrogens with one attached hydrogen (secondary N) is 1. The number of hydrogen-bond donors (Lipinski definition) is 1. The molecule has 1 aromatic carbocycles. The molecule has 0 aliphatic heterocycles. The van der Waals surface area contributed by atoms with Crippen LogP contribution < -0.4 is 10.2 Å². The second-order valence-corrected chi connectivity index (χ2v) is 4.36. The van der Waals surface area contributed by atoms with Gasteiger partial charge in [0.15, 0.2) is 6.61 Å². The fourth-order valence-electron chi connectivity index (χ4n) is 1.63. The van der Waals surface area contributed by atoms with E-state index in [1.54, 1.807) is 30.7 Å². The van der Waals surface area contributed by atoms with Crippen molar-refractivity contribution in [2.24, 2.45) is 5.10 Å². The molecular weight excluding hydrogens is 266 g/mol. The third kappa shape index (κ3) is 5.06. The zero-order valence-corrected chi connectivity index (χ0v) is 11.8. The Morgan fingerprint density at radius 1 is 1.24 bits per heavy atom. The highest BCUT2D eigenvalue weighted by Gasteiger charge is 2.01. The molecule has 0 saturated carbocycles. The maximum Gasteiger partial charge on any atom is 0.277 e. The number of nitrogens with zero attached hydrogens (tertiary/aromatic N) is 2. The van der Waals surface area contributed by atoms with Gasteiger partial charge in [0.25, 0.3) is 5.91 Å². The number of rotatable bonds is 6. The molecule has 2 rings (SSSR count). The average molecular weight is 283 g/mol. The van der Waals surface area contributed by atoms with Crippen LogP contribution in [0.2, 0.25) is 0 Å². The van der Waals surface area contributed by atoms with Gasteiger partial charge in [0.1, 0.15) is 5.75 Å². The van der Waals surface area contributed by atoms with Crippen LogP contribution in [0.15, 0.2) is 53.9 Å². The standard InChI is InChI=1S/C16H17N3O2/c1-2-13-3-5-15(6-4-13)21-12-16(20)19-18-11-14-7-9-17-10-8-14/h3-11H,2,12H2,1H3,(H,19,20)/b18-11-. The molecule has 0 bridgehead atoms. The second kappa shape index (κ2) is 7.79. The molecule has 108 valence electrons. The summed E-state index contributed by atoms with van der Waals surface area (Å²) in [5.74, 6) is 0.361. The third-order valence-corrected chi connectivity index (χ3v) is 2.81. The molecule has 2 aromatic rings. The summed E-state index contributed by atoms with van der Waals surface area (Å²) in [5, 5.41) is 3.85. The number of amides is 1. The maximum atomic E-state index is 11.6. The van der Waals surface area contributed by atoms with E-state index in [4.69, 9.17) is 4.74 Å². The van der Waals surface area contributed by atoms with Crippen molar-refractivity contribution in [3.63, 3.8) is 0 Å². The minimum absolute atomic E-state index is 0.0703. The van der Waals surface area contributed by atoms with E-state index in [-0.39, 0.29) is 12.5 Å². The molecule has 0 aliphatic carbocycles. The molecule has 1 aromatic heterocycles. The zero-order valence-electron chi connectivity index (χ0n) is 11.8. The van der Waals surface area contributed by atoms with Gasteiger partial charge in [-0.2, -0.15) is 5.10 Å². The molecule has 0 aliphatic rings. The number of carbonyl (C=O) groups excluding carboxylic acids is 1. The summed E-state index contributed by atoms with van der Waals surface area (Å²) in [6.07, 6.45) is 5.85. The summed E-state index contributed by atoms with van der Waals surface area (Å²) >= 11 is 0. The van der Waals surface area contributed by atoms with Crippen LogP contribution in [-0.4, -0.2) is 23.7 Å². The molecule has 0 unspecified atom stereocenters. The summed E-state index contributed by atoms with van der Waals surface area (Å²) in [4.78, 5) is 15.5. The van der Waals surface area contributed by atoms with Gasteiger partial charge >= 0.3 is 0 Å². The van der Waals surface area contributed by atoms with Gasteiger partial charge in [0.2, 0.25) is 0 Å². The number of hydrazone groups is 1. The predicted molar refractivity (Wildman–Crippen MR) is 81.3 cm³/mol. The molecule has 0 radical (unpaired) electrons. The van der Waals surface area contributed by atoms with Crippen molar-refractivity contribution in [3.05, 3.63) is 59.9 Å². The van der Waals surface area contributed by atoms with Crippen LogP contribution in [-0.2, 0) is 11.2 Å². The molecule has 0 saturated heterocycles. The van der Waals surface area contributed by atoms with Crippen LogP contribution in [0.4, 0.5) is 0 Å². The Bertz CT molecular complexity index is 595. The van der Waals surface area contributed by atoms with Gasteiger partial charge in [0.05, 0.1) is 6.21 Å². The highest BCUT2D eigenvalue weighted by atomic mass is 16.5. The summed E-state index contributed by atoms with van der Waals surface area (Å²) in [6.45, 7) is 2.02.